The maximum Gasteiger partial charge on any atom is 0.264 e. The summed E-state index contributed by atoms with van der Waals surface area (Å²) in [7, 11) is 0. The Hall–Kier alpha value is -2.04. The molecule has 0 fully saturated rings. The van der Waals surface area contributed by atoms with Gasteiger partial charge in [-0.1, -0.05) is 0 Å². The van der Waals surface area contributed by atoms with Gasteiger partial charge in [0.2, 0.25) is 0 Å². The molecule has 2 heterocycles. The first-order chi connectivity index (χ1) is 6.77. The van der Waals surface area contributed by atoms with E-state index in [-0.39, 0.29) is 5.56 Å². The van der Waals surface area contributed by atoms with E-state index in [4.69, 9.17) is 0 Å². The molecule has 2 aromatic rings. The Morgan fingerprint density at radius 3 is 2.64 bits per heavy atom. The molecule has 0 radical (unpaired) electrons. The van der Waals surface area contributed by atoms with Crippen molar-refractivity contribution >= 4 is 0 Å². The Bertz CT molecular complexity index is 486. The molecule has 0 aliphatic carbocycles. The van der Waals surface area contributed by atoms with Crippen LogP contribution in [0.5, 0.6) is 0 Å². The molecule has 5 heteroatoms. The number of aromatic amines is 1. The Balaban J connectivity index is 2.55. The van der Waals surface area contributed by atoms with Crippen LogP contribution in [-0.4, -0.2) is 20.2 Å². The zero-order valence-electron chi connectivity index (χ0n) is 7.56. The van der Waals surface area contributed by atoms with Crippen molar-refractivity contribution in [3.8, 4) is 11.4 Å². The largest absolute Gasteiger partial charge is 0.268 e. The lowest BCUT2D eigenvalue weighted by molar-refractivity contribution is 0.979. The van der Waals surface area contributed by atoms with E-state index in [0.717, 1.165) is 5.69 Å². The topological polar surface area (TPSA) is 71.5 Å². The predicted molar refractivity (Wildman–Crippen MR) is 50.6 cm³/mol. The molecule has 1 N–H and O–H groups in total. The first-order valence-electron chi connectivity index (χ1n) is 4.11. The van der Waals surface area contributed by atoms with Gasteiger partial charge in [0.25, 0.3) is 5.56 Å². The average Bonchev–Trinajstić information content (AvgIpc) is 2.20. The highest BCUT2D eigenvalue weighted by molar-refractivity contribution is 5.55. The fraction of sp³-hybridized carbons (Fsp3) is 0.111. The highest BCUT2D eigenvalue weighted by Crippen LogP contribution is 2.13. The molecule has 0 bridgehead atoms. The maximum atomic E-state index is 10.8. The minimum atomic E-state index is -0.227. The number of aromatic nitrogens is 4. The van der Waals surface area contributed by atoms with Crippen LogP contribution in [-0.2, 0) is 0 Å². The van der Waals surface area contributed by atoms with Crippen molar-refractivity contribution < 1.29 is 0 Å². The van der Waals surface area contributed by atoms with Crippen LogP contribution in [0.15, 0.2) is 29.3 Å². The van der Waals surface area contributed by atoms with Crippen molar-refractivity contribution in [2.24, 2.45) is 0 Å². The summed E-state index contributed by atoms with van der Waals surface area (Å²) < 4.78 is 0. The van der Waals surface area contributed by atoms with Crippen molar-refractivity contribution in [2.45, 2.75) is 6.92 Å². The summed E-state index contributed by atoms with van der Waals surface area (Å²) in [5.41, 5.74) is 1.86. The minimum Gasteiger partial charge on any atom is -0.268 e. The van der Waals surface area contributed by atoms with Crippen molar-refractivity contribution in [2.75, 3.05) is 0 Å². The van der Waals surface area contributed by atoms with Crippen LogP contribution in [0.25, 0.3) is 11.4 Å². The second-order valence-electron chi connectivity index (χ2n) is 2.80. The van der Waals surface area contributed by atoms with Crippen molar-refractivity contribution in [3.63, 3.8) is 0 Å². The Morgan fingerprint density at radius 1 is 1.21 bits per heavy atom. The molecular formula is C9H8N4O. The number of nitrogens with one attached hydrogen (secondary N) is 1. The van der Waals surface area contributed by atoms with Gasteiger partial charge in [-0.15, -0.1) is 0 Å². The van der Waals surface area contributed by atoms with Crippen LogP contribution in [0.3, 0.4) is 0 Å². The van der Waals surface area contributed by atoms with Crippen LogP contribution in [0.4, 0.5) is 0 Å². The number of nitrogens with zero attached hydrogens (tertiary/aromatic N) is 3. The first-order valence-corrected chi connectivity index (χ1v) is 4.11. The molecule has 2 rings (SSSR count). The summed E-state index contributed by atoms with van der Waals surface area (Å²) in [4.78, 5) is 19.0. The fourth-order valence-electron chi connectivity index (χ4n) is 1.14. The third-order valence-corrected chi connectivity index (χ3v) is 1.80. The lowest BCUT2D eigenvalue weighted by Gasteiger charge is -2.00. The lowest BCUT2D eigenvalue weighted by Crippen LogP contribution is -2.06. The summed E-state index contributed by atoms with van der Waals surface area (Å²) >= 11 is 0. The Morgan fingerprint density at radius 2 is 2.00 bits per heavy atom. The van der Waals surface area contributed by atoms with E-state index in [1.54, 1.807) is 18.5 Å². The van der Waals surface area contributed by atoms with E-state index >= 15 is 0 Å². The summed E-state index contributed by atoms with van der Waals surface area (Å²) in [5, 5.41) is 6.22. The van der Waals surface area contributed by atoms with E-state index in [1.807, 2.05) is 6.92 Å². The Labute approximate surface area is 79.9 Å². The fourth-order valence-corrected chi connectivity index (χ4v) is 1.14. The van der Waals surface area contributed by atoms with Crippen LogP contribution < -0.4 is 5.56 Å². The van der Waals surface area contributed by atoms with Crippen LogP contribution in [0.2, 0.25) is 0 Å². The monoisotopic (exact) mass is 188 g/mol. The molecule has 0 atom stereocenters. The number of hydrogen-bond acceptors (Lipinski definition) is 4. The van der Waals surface area contributed by atoms with Gasteiger partial charge in [0.05, 0.1) is 5.69 Å². The summed E-state index contributed by atoms with van der Waals surface area (Å²) in [6, 6.07) is 3.03. The van der Waals surface area contributed by atoms with Crippen LogP contribution in [0.1, 0.15) is 5.69 Å². The van der Waals surface area contributed by atoms with Crippen LogP contribution >= 0.6 is 0 Å². The molecule has 0 unspecified atom stereocenters. The SMILES string of the molecule is Cc1nccnc1-c1ccc(=O)[nH]n1. The zero-order valence-corrected chi connectivity index (χ0v) is 7.56. The second-order valence-corrected chi connectivity index (χ2v) is 2.80. The molecule has 0 spiro atoms. The van der Waals surface area contributed by atoms with Crippen molar-refractivity contribution in [3.05, 3.63) is 40.6 Å². The molecule has 0 aliphatic heterocycles. The van der Waals surface area contributed by atoms with Crippen molar-refractivity contribution in [1.29, 1.82) is 0 Å². The van der Waals surface area contributed by atoms with E-state index in [1.165, 1.54) is 6.07 Å². The average molecular weight is 188 g/mol. The van der Waals surface area contributed by atoms with E-state index in [0.29, 0.717) is 11.4 Å². The molecule has 14 heavy (non-hydrogen) atoms. The predicted octanol–water partition coefficient (Wildman–Crippen LogP) is 0.535. The van der Waals surface area contributed by atoms with Gasteiger partial charge in [-0.3, -0.25) is 14.8 Å². The zero-order chi connectivity index (χ0) is 9.97. The molecule has 5 nitrogen and oxygen atoms in total. The van der Waals surface area contributed by atoms with Crippen LogP contribution in [0, 0.1) is 6.92 Å². The summed E-state index contributed by atoms with van der Waals surface area (Å²) in [5.74, 6) is 0. The molecule has 0 aromatic carbocycles. The Kier molecular flexibility index (Phi) is 2.06. The smallest absolute Gasteiger partial charge is 0.264 e. The molecule has 0 amide bonds. The molecular weight excluding hydrogens is 180 g/mol. The summed E-state index contributed by atoms with van der Waals surface area (Å²) in [6.45, 7) is 1.84. The molecule has 0 aliphatic rings. The van der Waals surface area contributed by atoms with Gasteiger partial charge >= 0.3 is 0 Å². The van der Waals surface area contributed by atoms with Crippen molar-refractivity contribution in [1.82, 2.24) is 20.2 Å². The quantitative estimate of drug-likeness (QED) is 0.708. The molecule has 70 valence electrons. The standard InChI is InChI=1S/C9H8N4O/c1-6-9(11-5-4-10-6)7-2-3-8(14)13-12-7/h2-5H,1H3,(H,13,14). The highest BCUT2D eigenvalue weighted by Gasteiger charge is 2.04. The van der Waals surface area contributed by atoms with E-state index in [9.17, 15) is 4.79 Å². The van der Waals surface area contributed by atoms with Gasteiger partial charge in [-0.05, 0) is 13.0 Å². The number of hydrogen-bond donors (Lipinski definition) is 1. The normalized spacial score (nSPS) is 10.1. The van der Waals surface area contributed by atoms with Gasteiger partial charge in [-0.25, -0.2) is 5.10 Å². The second kappa shape index (κ2) is 3.37. The van der Waals surface area contributed by atoms with Gasteiger partial charge in [0, 0.05) is 18.5 Å². The first kappa shape index (κ1) is 8.55. The minimum absolute atomic E-state index is 0.227. The number of aryl methyl sites for hydroxylation is 1. The van der Waals surface area contributed by atoms with E-state index in [2.05, 4.69) is 20.2 Å². The number of rotatable bonds is 1. The molecule has 2 aromatic heterocycles. The highest BCUT2D eigenvalue weighted by atomic mass is 16.1. The van der Waals surface area contributed by atoms with Gasteiger partial charge in [-0.2, -0.15) is 5.10 Å². The number of H-pyrrole nitrogens is 1. The van der Waals surface area contributed by atoms with Gasteiger partial charge in [0.15, 0.2) is 0 Å². The summed E-state index contributed by atoms with van der Waals surface area (Å²) in [6.07, 6.45) is 3.21. The van der Waals surface area contributed by atoms with Gasteiger partial charge in [0.1, 0.15) is 11.4 Å². The van der Waals surface area contributed by atoms with E-state index < -0.39 is 0 Å². The third-order valence-electron chi connectivity index (χ3n) is 1.80. The van der Waals surface area contributed by atoms with Gasteiger partial charge < -0.3 is 0 Å². The molecule has 0 saturated heterocycles. The molecule has 0 saturated carbocycles. The third kappa shape index (κ3) is 1.52. The maximum absolute atomic E-state index is 10.8. The lowest BCUT2D eigenvalue weighted by atomic mass is 10.2.